The Bertz CT molecular complexity index is 802. The minimum atomic E-state index is -0.210. The zero-order valence-corrected chi connectivity index (χ0v) is 11.5. The van der Waals surface area contributed by atoms with Crippen molar-refractivity contribution in [2.75, 3.05) is 17.7 Å². The molecule has 0 unspecified atom stereocenters. The first kappa shape index (κ1) is 13.1. The number of carbonyl (C=O) groups is 1. The summed E-state index contributed by atoms with van der Waals surface area (Å²) >= 11 is 0. The van der Waals surface area contributed by atoms with E-state index in [9.17, 15) is 4.79 Å². The molecule has 0 spiro atoms. The highest BCUT2D eigenvalue weighted by molar-refractivity contribution is 6.07. The number of carbonyl (C=O) groups excluding carboxylic acids is 1. The number of nitrogens with zero attached hydrogens (tertiary/aromatic N) is 3. The molecule has 0 bridgehead atoms. The fourth-order valence-electron chi connectivity index (χ4n) is 2.19. The van der Waals surface area contributed by atoms with Crippen molar-refractivity contribution < 1.29 is 4.79 Å². The van der Waals surface area contributed by atoms with E-state index >= 15 is 0 Å². The maximum absolute atomic E-state index is 12.5. The van der Waals surface area contributed by atoms with E-state index in [4.69, 9.17) is 5.73 Å². The lowest BCUT2D eigenvalue weighted by Gasteiger charge is -2.17. The molecule has 104 valence electrons. The molecule has 2 aromatic heterocycles. The van der Waals surface area contributed by atoms with Gasteiger partial charge in [-0.2, -0.15) is 0 Å². The molecule has 0 aliphatic carbocycles. The monoisotopic (exact) mass is 278 g/mol. The van der Waals surface area contributed by atoms with Crippen LogP contribution in [-0.4, -0.2) is 22.9 Å². The fraction of sp³-hybridized carbons (Fsp3) is 0.0625. The lowest BCUT2D eigenvalue weighted by Crippen LogP contribution is -2.27. The molecule has 5 heteroatoms. The van der Waals surface area contributed by atoms with Gasteiger partial charge in [0.25, 0.3) is 5.91 Å². The number of hydrogen-bond donors (Lipinski definition) is 1. The van der Waals surface area contributed by atoms with Crippen LogP contribution in [0.25, 0.3) is 10.8 Å². The number of anilines is 2. The summed E-state index contributed by atoms with van der Waals surface area (Å²) in [5, 5.41) is 1.75. The van der Waals surface area contributed by atoms with Crippen LogP contribution in [-0.2, 0) is 0 Å². The Balaban J connectivity index is 2.02. The summed E-state index contributed by atoms with van der Waals surface area (Å²) in [6, 6.07) is 12.9. The Kier molecular flexibility index (Phi) is 3.23. The summed E-state index contributed by atoms with van der Waals surface area (Å²) < 4.78 is 0. The van der Waals surface area contributed by atoms with Crippen molar-refractivity contribution in [3.05, 3.63) is 60.6 Å². The highest BCUT2D eigenvalue weighted by Gasteiger charge is 2.16. The van der Waals surface area contributed by atoms with Gasteiger partial charge in [0.05, 0.1) is 0 Å². The van der Waals surface area contributed by atoms with Gasteiger partial charge in [0.2, 0.25) is 0 Å². The molecule has 21 heavy (non-hydrogen) atoms. The third kappa shape index (κ3) is 2.41. The van der Waals surface area contributed by atoms with Crippen molar-refractivity contribution in [1.82, 2.24) is 9.97 Å². The number of aromatic nitrogens is 2. The molecule has 2 heterocycles. The van der Waals surface area contributed by atoms with E-state index in [1.807, 2.05) is 24.3 Å². The maximum Gasteiger partial charge on any atom is 0.276 e. The summed E-state index contributed by atoms with van der Waals surface area (Å²) in [6.07, 6.45) is 3.28. The van der Waals surface area contributed by atoms with Crippen LogP contribution in [0.1, 0.15) is 10.5 Å². The molecule has 0 atom stereocenters. The molecule has 3 rings (SSSR count). The number of nitrogens with two attached hydrogens (primary N) is 1. The van der Waals surface area contributed by atoms with Gasteiger partial charge in [-0.25, -0.2) is 4.98 Å². The summed E-state index contributed by atoms with van der Waals surface area (Å²) in [4.78, 5) is 22.2. The van der Waals surface area contributed by atoms with Crippen molar-refractivity contribution in [3.63, 3.8) is 0 Å². The van der Waals surface area contributed by atoms with Crippen molar-refractivity contribution in [2.24, 2.45) is 0 Å². The van der Waals surface area contributed by atoms with Gasteiger partial charge < -0.3 is 10.6 Å². The van der Waals surface area contributed by atoms with E-state index in [-0.39, 0.29) is 5.91 Å². The van der Waals surface area contributed by atoms with Crippen molar-refractivity contribution in [3.8, 4) is 0 Å². The Hall–Kier alpha value is -2.95. The second-order valence-corrected chi connectivity index (χ2v) is 4.68. The van der Waals surface area contributed by atoms with Crippen molar-refractivity contribution in [2.45, 2.75) is 0 Å². The van der Waals surface area contributed by atoms with Crippen molar-refractivity contribution in [1.29, 1.82) is 0 Å². The zero-order valence-electron chi connectivity index (χ0n) is 11.5. The molecule has 0 saturated heterocycles. The van der Waals surface area contributed by atoms with Gasteiger partial charge in [-0.1, -0.05) is 24.3 Å². The van der Waals surface area contributed by atoms with Crippen LogP contribution in [0.3, 0.4) is 0 Å². The first-order valence-electron chi connectivity index (χ1n) is 6.50. The van der Waals surface area contributed by atoms with Gasteiger partial charge in [0, 0.05) is 30.5 Å². The van der Waals surface area contributed by atoms with E-state index in [0.29, 0.717) is 11.5 Å². The largest absolute Gasteiger partial charge is 0.383 e. The highest BCUT2D eigenvalue weighted by Crippen LogP contribution is 2.21. The highest BCUT2D eigenvalue weighted by atomic mass is 16.2. The quantitative estimate of drug-likeness (QED) is 0.781. The minimum absolute atomic E-state index is 0.210. The molecule has 5 nitrogen and oxygen atoms in total. The number of hydrogen-bond acceptors (Lipinski definition) is 4. The summed E-state index contributed by atoms with van der Waals surface area (Å²) in [7, 11) is 1.70. The van der Waals surface area contributed by atoms with Crippen LogP contribution in [0, 0.1) is 0 Å². The zero-order chi connectivity index (χ0) is 14.8. The van der Waals surface area contributed by atoms with Gasteiger partial charge in [-0.15, -0.1) is 0 Å². The third-order valence-electron chi connectivity index (χ3n) is 3.34. The molecule has 3 aromatic rings. The molecule has 0 fully saturated rings. The Morgan fingerprint density at radius 2 is 1.86 bits per heavy atom. The molecule has 1 aromatic carbocycles. The number of benzene rings is 1. The average Bonchev–Trinajstić information content (AvgIpc) is 2.54. The number of fused-ring (bicyclic) bond motifs is 1. The summed E-state index contributed by atoms with van der Waals surface area (Å²) in [6.45, 7) is 0. The Labute approximate surface area is 122 Å². The van der Waals surface area contributed by atoms with E-state index in [0.717, 1.165) is 16.5 Å². The first-order chi connectivity index (χ1) is 10.2. The van der Waals surface area contributed by atoms with E-state index in [2.05, 4.69) is 9.97 Å². The molecule has 0 saturated carbocycles. The van der Waals surface area contributed by atoms with E-state index in [1.165, 1.54) is 4.90 Å². The van der Waals surface area contributed by atoms with Gasteiger partial charge in [0.1, 0.15) is 11.5 Å². The SMILES string of the molecule is CN(C(=O)c1cc2ccccc2c(N)n1)c1ccncc1. The third-order valence-corrected chi connectivity index (χ3v) is 3.34. The second-order valence-electron chi connectivity index (χ2n) is 4.68. The predicted molar refractivity (Wildman–Crippen MR) is 83.1 cm³/mol. The van der Waals surface area contributed by atoms with E-state index in [1.54, 1.807) is 37.6 Å². The van der Waals surface area contributed by atoms with Crippen LogP contribution < -0.4 is 10.6 Å². The Morgan fingerprint density at radius 3 is 2.62 bits per heavy atom. The summed E-state index contributed by atoms with van der Waals surface area (Å²) in [5.74, 6) is 0.151. The topological polar surface area (TPSA) is 72.1 Å². The minimum Gasteiger partial charge on any atom is -0.383 e. The van der Waals surface area contributed by atoms with Gasteiger partial charge in [-0.05, 0) is 23.6 Å². The average molecular weight is 278 g/mol. The van der Waals surface area contributed by atoms with E-state index < -0.39 is 0 Å². The van der Waals surface area contributed by atoms with Gasteiger partial charge in [0.15, 0.2) is 0 Å². The Morgan fingerprint density at radius 1 is 1.14 bits per heavy atom. The first-order valence-corrected chi connectivity index (χ1v) is 6.50. The summed E-state index contributed by atoms with van der Waals surface area (Å²) in [5.41, 5.74) is 7.02. The number of rotatable bonds is 2. The number of nitrogen functional groups attached to an aromatic ring is 1. The fourth-order valence-corrected chi connectivity index (χ4v) is 2.19. The van der Waals surface area contributed by atoms with Gasteiger partial charge in [-0.3, -0.25) is 9.78 Å². The van der Waals surface area contributed by atoms with Crippen LogP contribution >= 0.6 is 0 Å². The molecular formula is C16H14N4O. The number of amides is 1. The molecule has 0 aliphatic heterocycles. The number of pyridine rings is 2. The molecule has 2 N–H and O–H groups in total. The smallest absolute Gasteiger partial charge is 0.276 e. The normalized spacial score (nSPS) is 10.5. The van der Waals surface area contributed by atoms with Crippen LogP contribution in [0.5, 0.6) is 0 Å². The molecular weight excluding hydrogens is 264 g/mol. The second kappa shape index (κ2) is 5.20. The lowest BCUT2D eigenvalue weighted by atomic mass is 10.1. The standard InChI is InChI=1S/C16H14N4O/c1-20(12-6-8-18-9-7-12)16(21)14-10-11-4-2-3-5-13(11)15(17)19-14/h2-10H,1H3,(H2,17,19). The predicted octanol–water partition coefficient (Wildman–Crippen LogP) is 2.49. The maximum atomic E-state index is 12.5. The van der Waals surface area contributed by atoms with Crippen LogP contribution in [0.15, 0.2) is 54.9 Å². The molecule has 0 radical (unpaired) electrons. The molecule has 1 amide bonds. The van der Waals surface area contributed by atoms with Crippen molar-refractivity contribution >= 4 is 28.2 Å². The molecule has 0 aliphatic rings. The van der Waals surface area contributed by atoms with Crippen LogP contribution in [0.4, 0.5) is 11.5 Å². The van der Waals surface area contributed by atoms with Gasteiger partial charge >= 0.3 is 0 Å². The lowest BCUT2D eigenvalue weighted by molar-refractivity contribution is 0.0988. The van der Waals surface area contributed by atoms with Crippen LogP contribution in [0.2, 0.25) is 0 Å².